The van der Waals surface area contributed by atoms with Crippen molar-refractivity contribution in [2.24, 2.45) is 0 Å². The topological polar surface area (TPSA) is 52.4 Å². The van der Waals surface area contributed by atoms with E-state index in [4.69, 9.17) is 4.74 Å². The Hall–Kier alpha value is -1.49. The van der Waals surface area contributed by atoms with Gasteiger partial charge in [-0.15, -0.1) is 0 Å². The Kier molecular flexibility index (Phi) is 4.25. The van der Waals surface area contributed by atoms with E-state index in [2.05, 4.69) is 0 Å². The van der Waals surface area contributed by atoms with Gasteiger partial charge in [0.25, 0.3) is 0 Å². The molecule has 0 aliphatic heterocycles. The molecule has 0 heterocycles. The van der Waals surface area contributed by atoms with Gasteiger partial charge in [-0.05, 0) is 30.5 Å². The molecule has 1 fully saturated rings. The van der Waals surface area contributed by atoms with Gasteiger partial charge in [-0.25, -0.2) is 0 Å². The van der Waals surface area contributed by atoms with Gasteiger partial charge >= 0.3 is 5.69 Å². The highest BCUT2D eigenvalue weighted by Crippen LogP contribution is 2.23. The van der Waals surface area contributed by atoms with Crippen LogP contribution < -0.4 is 0 Å². The minimum atomic E-state index is -0.801. The summed E-state index contributed by atoms with van der Waals surface area (Å²) < 4.78 is 19.1. The van der Waals surface area contributed by atoms with E-state index in [-0.39, 0.29) is 6.10 Å². The highest BCUT2D eigenvalue weighted by Gasteiger charge is 2.16. The summed E-state index contributed by atoms with van der Waals surface area (Å²) in [4.78, 5) is 9.75. The molecule has 0 spiro atoms. The first-order valence-electron chi connectivity index (χ1n) is 6.21. The Balaban J connectivity index is 1.93. The second-order valence-electron chi connectivity index (χ2n) is 4.61. The first-order chi connectivity index (χ1) is 8.66. The molecule has 1 saturated carbocycles. The minimum absolute atomic E-state index is 0.247. The average Bonchev–Trinajstić information content (AvgIpc) is 2.37. The smallest absolute Gasteiger partial charge is 0.304 e. The highest BCUT2D eigenvalue weighted by atomic mass is 19.1. The molecule has 0 unspecified atom stereocenters. The van der Waals surface area contributed by atoms with E-state index in [1.54, 1.807) is 6.07 Å². The SMILES string of the molecule is O=[N+]([O-])c1ccc(COC2CCCCC2)cc1F. The number of hydrogen-bond acceptors (Lipinski definition) is 3. The second-order valence-corrected chi connectivity index (χ2v) is 4.61. The van der Waals surface area contributed by atoms with Crippen LogP contribution in [0.1, 0.15) is 37.7 Å². The Morgan fingerprint density at radius 1 is 1.33 bits per heavy atom. The zero-order valence-electron chi connectivity index (χ0n) is 10.1. The molecular weight excluding hydrogens is 237 g/mol. The number of nitro groups is 1. The summed E-state index contributed by atoms with van der Waals surface area (Å²) in [6, 6.07) is 3.92. The summed E-state index contributed by atoms with van der Waals surface area (Å²) >= 11 is 0. The first-order valence-corrected chi connectivity index (χ1v) is 6.21. The van der Waals surface area contributed by atoms with E-state index in [1.165, 1.54) is 31.4 Å². The van der Waals surface area contributed by atoms with Gasteiger partial charge in [0.1, 0.15) is 0 Å². The molecule has 4 nitrogen and oxygen atoms in total. The Bertz CT molecular complexity index is 430. The third-order valence-electron chi connectivity index (χ3n) is 3.25. The first kappa shape index (κ1) is 13.0. The van der Waals surface area contributed by atoms with Crippen LogP contribution in [0.5, 0.6) is 0 Å². The van der Waals surface area contributed by atoms with E-state index >= 15 is 0 Å². The van der Waals surface area contributed by atoms with Crippen molar-refractivity contribution in [1.82, 2.24) is 0 Å². The van der Waals surface area contributed by atoms with Gasteiger partial charge in [0.15, 0.2) is 0 Å². The molecule has 0 atom stereocenters. The van der Waals surface area contributed by atoms with Crippen molar-refractivity contribution in [3.8, 4) is 0 Å². The van der Waals surface area contributed by atoms with Crippen LogP contribution in [0.4, 0.5) is 10.1 Å². The second kappa shape index (κ2) is 5.91. The number of benzene rings is 1. The van der Waals surface area contributed by atoms with Gasteiger partial charge in [-0.2, -0.15) is 4.39 Å². The van der Waals surface area contributed by atoms with Crippen molar-refractivity contribution >= 4 is 5.69 Å². The lowest BCUT2D eigenvalue weighted by Crippen LogP contribution is -2.16. The van der Waals surface area contributed by atoms with Gasteiger partial charge in [-0.3, -0.25) is 10.1 Å². The van der Waals surface area contributed by atoms with Crippen LogP contribution in [0.25, 0.3) is 0 Å². The fraction of sp³-hybridized carbons (Fsp3) is 0.538. The number of nitro benzene ring substituents is 1. The molecule has 98 valence electrons. The molecule has 0 radical (unpaired) electrons. The molecule has 0 bridgehead atoms. The summed E-state index contributed by atoms with van der Waals surface area (Å²) in [6.07, 6.45) is 5.97. The maximum Gasteiger partial charge on any atom is 0.304 e. The lowest BCUT2D eigenvalue weighted by atomic mass is 9.98. The molecule has 0 N–H and O–H groups in total. The zero-order valence-corrected chi connectivity index (χ0v) is 10.1. The van der Waals surface area contributed by atoms with Crippen LogP contribution in [0, 0.1) is 15.9 Å². The van der Waals surface area contributed by atoms with E-state index in [9.17, 15) is 14.5 Å². The van der Waals surface area contributed by atoms with Gasteiger partial charge in [0.2, 0.25) is 5.82 Å². The predicted octanol–water partition coefficient (Wildman–Crippen LogP) is 3.58. The Labute approximate surface area is 105 Å². The number of hydrogen-bond donors (Lipinski definition) is 0. The quantitative estimate of drug-likeness (QED) is 0.608. The molecule has 2 rings (SSSR count). The van der Waals surface area contributed by atoms with Gasteiger partial charge < -0.3 is 4.74 Å². The maximum absolute atomic E-state index is 13.4. The minimum Gasteiger partial charge on any atom is -0.374 e. The monoisotopic (exact) mass is 253 g/mol. The van der Waals surface area contributed by atoms with Crippen LogP contribution in [-0.4, -0.2) is 11.0 Å². The number of nitrogens with zero attached hydrogens (tertiary/aromatic N) is 1. The van der Waals surface area contributed by atoms with Crippen molar-refractivity contribution < 1.29 is 14.1 Å². The van der Waals surface area contributed by atoms with Crippen LogP contribution in [0.3, 0.4) is 0 Å². The van der Waals surface area contributed by atoms with Crippen LogP contribution in [-0.2, 0) is 11.3 Å². The molecule has 18 heavy (non-hydrogen) atoms. The van der Waals surface area contributed by atoms with Crippen molar-refractivity contribution in [2.45, 2.75) is 44.8 Å². The molecule has 5 heteroatoms. The number of ether oxygens (including phenoxy) is 1. The lowest BCUT2D eigenvalue weighted by Gasteiger charge is -2.21. The normalized spacial score (nSPS) is 16.7. The molecular formula is C13H16FNO3. The van der Waals surface area contributed by atoms with Crippen LogP contribution in [0.15, 0.2) is 18.2 Å². The van der Waals surface area contributed by atoms with E-state index in [1.807, 2.05) is 0 Å². The van der Waals surface area contributed by atoms with Gasteiger partial charge in [0, 0.05) is 6.07 Å². The molecule has 1 aliphatic rings. The largest absolute Gasteiger partial charge is 0.374 e. The van der Waals surface area contributed by atoms with E-state index < -0.39 is 16.4 Å². The van der Waals surface area contributed by atoms with Gasteiger partial charge in [0.05, 0.1) is 17.6 Å². The fourth-order valence-corrected chi connectivity index (χ4v) is 2.23. The zero-order chi connectivity index (χ0) is 13.0. The summed E-state index contributed by atoms with van der Waals surface area (Å²) in [5, 5.41) is 10.5. The molecule has 0 saturated heterocycles. The maximum atomic E-state index is 13.4. The summed E-state index contributed by atoms with van der Waals surface area (Å²) in [7, 11) is 0. The number of halogens is 1. The average molecular weight is 253 g/mol. The molecule has 0 amide bonds. The van der Waals surface area contributed by atoms with Crippen molar-refractivity contribution in [3.63, 3.8) is 0 Å². The van der Waals surface area contributed by atoms with E-state index in [0.29, 0.717) is 12.2 Å². The van der Waals surface area contributed by atoms with Crippen molar-refractivity contribution in [2.75, 3.05) is 0 Å². The molecule has 0 aromatic heterocycles. The third-order valence-corrected chi connectivity index (χ3v) is 3.25. The molecule has 1 aliphatic carbocycles. The Morgan fingerprint density at radius 2 is 2.06 bits per heavy atom. The van der Waals surface area contributed by atoms with Crippen LogP contribution >= 0.6 is 0 Å². The standard InChI is InChI=1S/C13H16FNO3/c14-12-8-10(6-7-13(12)15(16)17)9-18-11-4-2-1-3-5-11/h6-8,11H,1-5,9H2. The van der Waals surface area contributed by atoms with E-state index in [0.717, 1.165) is 12.8 Å². The predicted molar refractivity (Wildman–Crippen MR) is 64.7 cm³/mol. The highest BCUT2D eigenvalue weighted by molar-refractivity contribution is 5.34. The summed E-state index contributed by atoms with van der Waals surface area (Å²) in [6.45, 7) is 0.319. The number of rotatable bonds is 4. The van der Waals surface area contributed by atoms with Gasteiger partial charge in [-0.1, -0.05) is 19.3 Å². The van der Waals surface area contributed by atoms with Crippen LogP contribution in [0.2, 0.25) is 0 Å². The Morgan fingerprint density at radius 3 is 2.67 bits per heavy atom. The molecule has 1 aromatic rings. The summed E-state index contributed by atoms with van der Waals surface area (Å²) in [5.74, 6) is -0.801. The lowest BCUT2D eigenvalue weighted by molar-refractivity contribution is -0.387. The fourth-order valence-electron chi connectivity index (χ4n) is 2.23. The van der Waals surface area contributed by atoms with Crippen molar-refractivity contribution in [3.05, 3.63) is 39.7 Å². The van der Waals surface area contributed by atoms with Crippen molar-refractivity contribution in [1.29, 1.82) is 0 Å². The summed E-state index contributed by atoms with van der Waals surface area (Å²) in [5.41, 5.74) is 0.153. The molecule has 1 aromatic carbocycles. The third kappa shape index (κ3) is 3.26.